The molecule has 2 aromatic carbocycles. The van der Waals surface area contributed by atoms with Crippen LogP contribution in [0.4, 0.5) is 5.69 Å². The molecule has 0 saturated carbocycles. The molecule has 6 heteroatoms. The average molecular weight is 313 g/mol. The molecule has 0 radical (unpaired) electrons. The molecule has 0 aliphatic heterocycles. The Morgan fingerprint density at radius 1 is 1.26 bits per heavy atom. The molecule has 0 unspecified atom stereocenters. The Morgan fingerprint density at radius 3 is 2.70 bits per heavy atom. The summed E-state index contributed by atoms with van der Waals surface area (Å²) in [5.74, 6) is 0.143. The number of amides is 1. The van der Waals surface area contributed by atoms with Gasteiger partial charge in [0.25, 0.3) is 5.91 Å². The lowest BCUT2D eigenvalue weighted by atomic mass is 10.2. The van der Waals surface area contributed by atoms with Gasteiger partial charge in [0.2, 0.25) is 0 Å². The van der Waals surface area contributed by atoms with Crippen LogP contribution in [0.15, 0.2) is 47.6 Å². The van der Waals surface area contributed by atoms with E-state index in [0.717, 1.165) is 11.3 Å². The number of benzene rings is 2. The molecule has 0 spiro atoms. The standard InChI is InChI=1S/C17H19N3O3/c1-12-3-6-14(7-4-12)18-11-17(22)20-19-10-13-5-8-15(21)16(9-13)23-2/h3-10,18,21H,11H2,1-2H3,(H,20,22)/b19-10-. The minimum absolute atomic E-state index is 0.0518. The van der Waals surface area contributed by atoms with Gasteiger partial charge >= 0.3 is 0 Å². The third kappa shape index (κ3) is 5.03. The van der Waals surface area contributed by atoms with Crippen molar-refractivity contribution in [2.24, 2.45) is 5.10 Å². The third-order valence-electron chi connectivity index (χ3n) is 3.11. The topological polar surface area (TPSA) is 83.0 Å². The van der Waals surface area contributed by atoms with E-state index in [9.17, 15) is 9.90 Å². The molecular weight excluding hydrogens is 294 g/mol. The molecule has 2 aromatic rings. The number of anilines is 1. The first-order valence-corrected chi connectivity index (χ1v) is 7.08. The van der Waals surface area contributed by atoms with Gasteiger partial charge in [-0.1, -0.05) is 17.7 Å². The van der Waals surface area contributed by atoms with Crippen LogP contribution in [0, 0.1) is 6.92 Å². The number of aromatic hydroxyl groups is 1. The maximum absolute atomic E-state index is 11.7. The molecule has 0 aromatic heterocycles. The zero-order chi connectivity index (χ0) is 16.7. The normalized spacial score (nSPS) is 10.5. The summed E-state index contributed by atoms with van der Waals surface area (Å²) in [6.45, 7) is 2.13. The molecule has 0 heterocycles. The number of carbonyl (C=O) groups is 1. The lowest BCUT2D eigenvalue weighted by molar-refractivity contribution is -0.119. The summed E-state index contributed by atoms with van der Waals surface area (Å²) in [4.78, 5) is 11.7. The first-order valence-electron chi connectivity index (χ1n) is 7.08. The number of aryl methyl sites for hydroxylation is 1. The summed E-state index contributed by atoms with van der Waals surface area (Å²) in [6, 6.07) is 12.5. The quantitative estimate of drug-likeness (QED) is 0.564. The van der Waals surface area contributed by atoms with Crippen molar-refractivity contribution in [2.75, 3.05) is 19.0 Å². The van der Waals surface area contributed by atoms with Gasteiger partial charge in [-0.3, -0.25) is 4.79 Å². The highest BCUT2D eigenvalue weighted by Crippen LogP contribution is 2.25. The number of ether oxygens (including phenoxy) is 1. The van der Waals surface area contributed by atoms with Gasteiger partial charge in [-0.25, -0.2) is 5.43 Å². The maximum Gasteiger partial charge on any atom is 0.259 e. The highest BCUT2D eigenvalue weighted by atomic mass is 16.5. The highest BCUT2D eigenvalue weighted by Gasteiger charge is 2.02. The van der Waals surface area contributed by atoms with E-state index >= 15 is 0 Å². The number of nitrogens with one attached hydrogen (secondary N) is 2. The van der Waals surface area contributed by atoms with E-state index in [1.54, 1.807) is 12.1 Å². The molecule has 0 fully saturated rings. The Labute approximate surface area is 134 Å². The molecule has 0 aliphatic carbocycles. The maximum atomic E-state index is 11.7. The smallest absolute Gasteiger partial charge is 0.259 e. The predicted molar refractivity (Wildman–Crippen MR) is 90.1 cm³/mol. The summed E-state index contributed by atoms with van der Waals surface area (Å²) >= 11 is 0. The fourth-order valence-corrected chi connectivity index (χ4v) is 1.85. The molecule has 0 saturated heterocycles. The van der Waals surface area contributed by atoms with E-state index in [2.05, 4.69) is 15.8 Å². The van der Waals surface area contributed by atoms with Crippen LogP contribution in [0.2, 0.25) is 0 Å². The Kier molecular flexibility index (Phi) is 5.57. The molecule has 0 atom stereocenters. The van der Waals surface area contributed by atoms with Crippen LogP contribution < -0.4 is 15.5 Å². The molecule has 0 aliphatic rings. The van der Waals surface area contributed by atoms with Crippen molar-refractivity contribution in [3.8, 4) is 11.5 Å². The molecule has 120 valence electrons. The summed E-state index contributed by atoms with van der Waals surface area (Å²) in [5.41, 5.74) is 5.16. The number of rotatable bonds is 6. The van der Waals surface area contributed by atoms with Crippen LogP contribution in [0.25, 0.3) is 0 Å². The van der Waals surface area contributed by atoms with Gasteiger partial charge in [0.05, 0.1) is 19.9 Å². The Morgan fingerprint density at radius 2 is 2.00 bits per heavy atom. The van der Waals surface area contributed by atoms with Crippen LogP contribution in [0.3, 0.4) is 0 Å². The zero-order valence-electron chi connectivity index (χ0n) is 13.0. The number of methoxy groups -OCH3 is 1. The molecule has 23 heavy (non-hydrogen) atoms. The van der Waals surface area contributed by atoms with E-state index in [1.807, 2.05) is 31.2 Å². The molecular formula is C17H19N3O3. The van der Waals surface area contributed by atoms with Gasteiger partial charge in [-0.15, -0.1) is 0 Å². The summed E-state index contributed by atoms with van der Waals surface area (Å²) in [7, 11) is 1.47. The largest absolute Gasteiger partial charge is 0.504 e. The molecule has 3 N–H and O–H groups in total. The highest BCUT2D eigenvalue weighted by molar-refractivity contribution is 5.84. The van der Waals surface area contributed by atoms with Crippen molar-refractivity contribution < 1.29 is 14.6 Å². The first-order chi connectivity index (χ1) is 11.1. The Bertz CT molecular complexity index is 697. The van der Waals surface area contributed by atoms with E-state index in [0.29, 0.717) is 11.3 Å². The molecule has 6 nitrogen and oxygen atoms in total. The van der Waals surface area contributed by atoms with E-state index in [1.165, 1.54) is 19.4 Å². The molecule has 0 bridgehead atoms. The number of nitrogens with zero attached hydrogens (tertiary/aromatic N) is 1. The van der Waals surface area contributed by atoms with Crippen molar-refractivity contribution >= 4 is 17.8 Å². The van der Waals surface area contributed by atoms with Gasteiger partial charge < -0.3 is 15.2 Å². The van der Waals surface area contributed by atoms with Gasteiger partial charge in [-0.05, 0) is 42.8 Å². The minimum Gasteiger partial charge on any atom is -0.504 e. The summed E-state index contributed by atoms with van der Waals surface area (Å²) in [6.07, 6.45) is 1.48. The molecule has 2 rings (SSSR count). The van der Waals surface area contributed by atoms with Crippen molar-refractivity contribution in [2.45, 2.75) is 6.92 Å². The van der Waals surface area contributed by atoms with E-state index in [4.69, 9.17) is 4.74 Å². The van der Waals surface area contributed by atoms with Crippen LogP contribution in [0.5, 0.6) is 11.5 Å². The van der Waals surface area contributed by atoms with E-state index in [-0.39, 0.29) is 18.2 Å². The van der Waals surface area contributed by atoms with Crippen LogP contribution in [-0.2, 0) is 4.79 Å². The monoisotopic (exact) mass is 313 g/mol. The second-order valence-corrected chi connectivity index (χ2v) is 4.94. The van der Waals surface area contributed by atoms with Crippen LogP contribution >= 0.6 is 0 Å². The second-order valence-electron chi connectivity index (χ2n) is 4.94. The summed E-state index contributed by atoms with van der Waals surface area (Å²) in [5, 5.41) is 16.4. The molecule has 1 amide bonds. The van der Waals surface area contributed by atoms with Gasteiger partial charge in [0.1, 0.15) is 0 Å². The van der Waals surface area contributed by atoms with Crippen molar-refractivity contribution in [3.63, 3.8) is 0 Å². The fraction of sp³-hybridized carbons (Fsp3) is 0.176. The number of hydrogen-bond acceptors (Lipinski definition) is 5. The third-order valence-corrected chi connectivity index (χ3v) is 3.11. The number of phenols is 1. The zero-order valence-corrected chi connectivity index (χ0v) is 13.0. The minimum atomic E-state index is -0.257. The number of carbonyl (C=O) groups excluding carboxylic acids is 1. The lowest BCUT2D eigenvalue weighted by Crippen LogP contribution is -2.25. The SMILES string of the molecule is COc1cc(/C=N\NC(=O)CNc2ccc(C)cc2)ccc1O. The van der Waals surface area contributed by atoms with E-state index < -0.39 is 0 Å². The predicted octanol–water partition coefficient (Wildman–Crippen LogP) is 2.27. The fourth-order valence-electron chi connectivity index (χ4n) is 1.85. The van der Waals surface area contributed by atoms with Crippen LogP contribution in [-0.4, -0.2) is 30.9 Å². The lowest BCUT2D eigenvalue weighted by Gasteiger charge is -2.05. The van der Waals surface area contributed by atoms with Gasteiger partial charge in [0, 0.05) is 5.69 Å². The first kappa shape index (κ1) is 16.4. The number of hydrazone groups is 1. The Hall–Kier alpha value is -3.02. The van der Waals surface area contributed by atoms with Gasteiger partial charge in [0.15, 0.2) is 11.5 Å². The Balaban J connectivity index is 1.82. The van der Waals surface area contributed by atoms with Gasteiger partial charge in [-0.2, -0.15) is 5.10 Å². The van der Waals surface area contributed by atoms with Crippen molar-refractivity contribution in [1.29, 1.82) is 0 Å². The van der Waals surface area contributed by atoms with Crippen LogP contribution in [0.1, 0.15) is 11.1 Å². The number of hydrogen-bond donors (Lipinski definition) is 3. The van der Waals surface area contributed by atoms with Crippen molar-refractivity contribution in [3.05, 3.63) is 53.6 Å². The van der Waals surface area contributed by atoms with Crippen molar-refractivity contribution in [1.82, 2.24) is 5.43 Å². The number of phenolic OH excluding ortho intramolecular Hbond substituents is 1. The average Bonchev–Trinajstić information content (AvgIpc) is 2.56. The summed E-state index contributed by atoms with van der Waals surface area (Å²) < 4.78 is 5.00. The second kappa shape index (κ2) is 7.84.